The minimum Gasteiger partial charge on any atom is -0.479 e. The van der Waals surface area contributed by atoms with Crippen molar-refractivity contribution in [3.05, 3.63) is 23.7 Å². The third-order valence-corrected chi connectivity index (χ3v) is 2.30. The van der Waals surface area contributed by atoms with Gasteiger partial charge in [-0.05, 0) is 6.07 Å². The number of hydrogen-bond acceptors (Lipinski definition) is 4. The zero-order chi connectivity index (χ0) is 12.8. The monoisotopic (exact) mass is 241 g/mol. The van der Waals surface area contributed by atoms with E-state index in [0.717, 1.165) is 0 Å². The van der Waals surface area contributed by atoms with Crippen molar-refractivity contribution >= 4 is 11.9 Å². The molecular formula is C11H15NO5. The summed E-state index contributed by atoms with van der Waals surface area (Å²) in [4.78, 5) is 22.0. The molecule has 6 heteroatoms. The van der Waals surface area contributed by atoms with E-state index in [4.69, 9.17) is 14.6 Å². The Bertz CT molecular complexity index is 398. The van der Waals surface area contributed by atoms with Crippen LogP contribution in [0.4, 0.5) is 0 Å². The molecule has 0 aliphatic heterocycles. The van der Waals surface area contributed by atoms with Crippen molar-refractivity contribution in [2.45, 2.75) is 25.9 Å². The molecule has 1 rings (SSSR count). The molecular weight excluding hydrogens is 226 g/mol. The van der Waals surface area contributed by atoms with E-state index in [9.17, 15) is 9.59 Å². The minimum atomic E-state index is -1.45. The van der Waals surface area contributed by atoms with Crippen molar-refractivity contribution in [1.29, 1.82) is 0 Å². The molecule has 6 nitrogen and oxygen atoms in total. The lowest BCUT2D eigenvalue weighted by atomic mass is 10.2. The van der Waals surface area contributed by atoms with E-state index in [2.05, 4.69) is 5.32 Å². The first-order valence-corrected chi connectivity index (χ1v) is 5.31. The van der Waals surface area contributed by atoms with Crippen LogP contribution < -0.4 is 5.32 Å². The number of amides is 1. The maximum absolute atomic E-state index is 11.6. The molecule has 1 amide bonds. The van der Waals surface area contributed by atoms with E-state index < -0.39 is 12.1 Å². The molecule has 0 aliphatic carbocycles. The van der Waals surface area contributed by atoms with Gasteiger partial charge in [0.1, 0.15) is 5.76 Å². The van der Waals surface area contributed by atoms with Crippen LogP contribution in [-0.2, 0) is 11.2 Å². The molecule has 0 unspecified atom stereocenters. The fourth-order valence-corrected chi connectivity index (χ4v) is 1.36. The van der Waals surface area contributed by atoms with Gasteiger partial charge in [0.25, 0.3) is 5.91 Å². The second kappa shape index (κ2) is 6.05. The van der Waals surface area contributed by atoms with Gasteiger partial charge in [0.2, 0.25) is 0 Å². The van der Waals surface area contributed by atoms with Crippen LogP contribution in [0.1, 0.15) is 29.5 Å². The Morgan fingerprint density at radius 1 is 1.53 bits per heavy atom. The summed E-state index contributed by atoms with van der Waals surface area (Å²) >= 11 is 0. The first-order chi connectivity index (χ1) is 8.06. The molecule has 0 bridgehead atoms. The van der Waals surface area contributed by atoms with E-state index in [-0.39, 0.29) is 18.9 Å². The van der Waals surface area contributed by atoms with Gasteiger partial charge in [0.05, 0.1) is 11.8 Å². The van der Waals surface area contributed by atoms with Gasteiger partial charge in [-0.25, -0.2) is 4.79 Å². The number of furan rings is 1. The number of aliphatic hydroxyl groups excluding tert-OH is 1. The number of carboxylic acid groups (broad SMARTS) is 1. The zero-order valence-corrected chi connectivity index (χ0v) is 9.47. The van der Waals surface area contributed by atoms with Crippen LogP contribution >= 0.6 is 0 Å². The number of nitrogens with one attached hydrogen (secondary N) is 1. The Labute approximate surface area is 98.2 Å². The smallest absolute Gasteiger partial charge is 0.332 e. The van der Waals surface area contributed by atoms with E-state index >= 15 is 0 Å². The Morgan fingerprint density at radius 2 is 2.24 bits per heavy atom. The molecule has 1 heterocycles. The van der Waals surface area contributed by atoms with Gasteiger partial charge in [-0.3, -0.25) is 4.79 Å². The van der Waals surface area contributed by atoms with E-state index in [0.29, 0.717) is 17.7 Å². The van der Waals surface area contributed by atoms with Gasteiger partial charge in [-0.2, -0.15) is 0 Å². The molecule has 0 aromatic carbocycles. The summed E-state index contributed by atoms with van der Waals surface area (Å²) in [6, 6.07) is 1.56. The highest BCUT2D eigenvalue weighted by Crippen LogP contribution is 2.10. The quantitative estimate of drug-likeness (QED) is 0.669. The highest BCUT2D eigenvalue weighted by Gasteiger charge is 2.15. The summed E-state index contributed by atoms with van der Waals surface area (Å²) in [6.45, 7) is 1.96. The molecule has 1 atom stereocenters. The van der Waals surface area contributed by atoms with Gasteiger partial charge >= 0.3 is 5.97 Å². The lowest BCUT2D eigenvalue weighted by molar-refractivity contribution is -0.146. The summed E-state index contributed by atoms with van der Waals surface area (Å²) in [6.07, 6.45) is 0.554. The molecule has 1 aromatic heterocycles. The largest absolute Gasteiger partial charge is 0.479 e. The second-order valence-corrected chi connectivity index (χ2v) is 3.51. The average Bonchev–Trinajstić information content (AvgIpc) is 2.76. The second-order valence-electron chi connectivity index (χ2n) is 3.51. The van der Waals surface area contributed by atoms with Crippen molar-refractivity contribution in [1.82, 2.24) is 5.32 Å². The summed E-state index contributed by atoms with van der Waals surface area (Å²) in [7, 11) is 0. The summed E-state index contributed by atoms with van der Waals surface area (Å²) in [5.41, 5.74) is 0.442. The Balaban J connectivity index is 2.43. The third kappa shape index (κ3) is 3.60. The maximum atomic E-state index is 11.6. The molecule has 0 fully saturated rings. The van der Waals surface area contributed by atoms with Gasteiger partial charge in [-0.1, -0.05) is 6.92 Å². The molecule has 3 N–H and O–H groups in total. The molecule has 0 radical (unpaired) electrons. The molecule has 17 heavy (non-hydrogen) atoms. The highest BCUT2D eigenvalue weighted by molar-refractivity contribution is 5.95. The average molecular weight is 241 g/mol. The normalized spacial score (nSPS) is 12.1. The lowest BCUT2D eigenvalue weighted by Gasteiger charge is -2.07. The van der Waals surface area contributed by atoms with Crippen LogP contribution in [0.2, 0.25) is 0 Å². The fourth-order valence-electron chi connectivity index (χ4n) is 1.36. The molecule has 0 spiro atoms. The SMILES string of the molecule is CCc1occc1C(=O)NCC[C@H](O)C(=O)O. The molecule has 0 saturated heterocycles. The Hall–Kier alpha value is -1.82. The van der Waals surface area contributed by atoms with E-state index in [1.165, 1.54) is 6.26 Å². The summed E-state index contributed by atoms with van der Waals surface area (Å²) < 4.78 is 5.10. The van der Waals surface area contributed by atoms with Crippen molar-refractivity contribution in [3.8, 4) is 0 Å². The topological polar surface area (TPSA) is 99.8 Å². The molecule has 0 aliphatic rings. The first-order valence-electron chi connectivity index (χ1n) is 5.31. The highest BCUT2D eigenvalue weighted by atomic mass is 16.4. The number of carbonyl (C=O) groups excluding carboxylic acids is 1. The Kier molecular flexibility index (Phi) is 4.71. The van der Waals surface area contributed by atoms with Crippen molar-refractivity contribution in [2.24, 2.45) is 0 Å². The number of aryl methyl sites for hydroxylation is 1. The number of rotatable bonds is 6. The number of carboxylic acids is 1. The number of aliphatic hydroxyl groups is 1. The predicted molar refractivity (Wildman–Crippen MR) is 58.7 cm³/mol. The number of aliphatic carboxylic acids is 1. The van der Waals surface area contributed by atoms with Crippen LogP contribution in [0.15, 0.2) is 16.7 Å². The fraction of sp³-hybridized carbons (Fsp3) is 0.455. The minimum absolute atomic E-state index is 0.0274. The summed E-state index contributed by atoms with van der Waals surface area (Å²) in [5.74, 6) is -1.04. The van der Waals surface area contributed by atoms with Crippen molar-refractivity contribution in [3.63, 3.8) is 0 Å². The van der Waals surface area contributed by atoms with Gasteiger partial charge < -0.3 is 19.9 Å². The molecule has 0 saturated carbocycles. The van der Waals surface area contributed by atoms with Crippen molar-refractivity contribution < 1.29 is 24.2 Å². The molecule has 1 aromatic rings. The lowest BCUT2D eigenvalue weighted by Crippen LogP contribution is -2.30. The molecule has 94 valence electrons. The van der Waals surface area contributed by atoms with Crippen LogP contribution in [-0.4, -0.2) is 34.7 Å². The van der Waals surface area contributed by atoms with Gasteiger partial charge in [-0.15, -0.1) is 0 Å². The van der Waals surface area contributed by atoms with Crippen LogP contribution in [0.3, 0.4) is 0 Å². The number of carbonyl (C=O) groups is 2. The van der Waals surface area contributed by atoms with Crippen molar-refractivity contribution in [2.75, 3.05) is 6.54 Å². The van der Waals surface area contributed by atoms with Crippen LogP contribution in [0.25, 0.3) is 0 Å². The predicted octanol–water partition coefficient (Wildman–Crippen LogP) is 0.407. The van der Waals surface area contributed by atoms with E-state index in [1.54, 1.807) is 6.07 Å². The first kappa shape index (κ1) is 13.2. The maximum Gasteiger partial charge on any atom is 0.332 e. The van der Waals surface area contributed by atoms with Gasteiger partial charge in [0.15, 0.2) is 6.10 Å². The van der Waals surface area contributed by atoms with Crippen LogP contribution in [0, 0.1) is 0 Å². The zero-order valence-electron chi connectivity index (χ0n) is 9.47. The Morgan fingerprint density at radius 3 is 2.82 bits per heavy atom. The number of hydrogen-bond donors (Lipinski definition) is 3. The van der Waals surface area contributed by atoms with Gasteiger partial charge in [0, 0.05) is 19.4 Å². The van der Waals surface area contributed by atoms with Crippen LogP contribution in [0.5, 0.6) is 0 Å². The van der Waals surface area contributed by atoms with E-state index in [1.807, 2.05) is 6.92 Å². The standard InChI is InChI=1S/C11H15NO5/c1-2-9-7(4-6-17-9)10(14)12-5-3-8(13)11(15)16/h4,6,8,13H,2-3,5H2,1H3,(H,12,14)(H,15,16)/t8-/m0/s1. The third-order valence-electron chi connectivity index (χ3n) is 2.30. The summed E-state index contributed by atoms with van der Waals surface area (Å²) in [5, 5.41) is 20.0.